The average molecular weight is 236 g/mol. The zero-order valence-corrected chi connectivity index (χ0v) is 11.0. The molecule has 96 valence electrons. The Morgan fingerprint density at radius 2 is 2.18 bits per heavy atom. The predicted octanol–water partition coefficient (Wildman–Crippen LogP) is 2.01. The Kier molecular flexibility index (Phi) is 4.54. The second kappa shape index (κ2) is 6.15. The molecule has 4 heteroatoms. The molecule has 0 bridgehead atoms. The molecular weight excluding hydrogens is 212 g/mol. The van der Waals surface area contributed by atoms with Gasteiger partial charge in [-0.3, -0.25) is 4.68 Å². The summed E-state index contributed by atoms with van der Waals surface area (Å²) in [7, 11) is 0. The summed E-state index contributed by atoms with van der Waals surface area (Å²) in [6, 6.07) is 0.677. The lowest BCUT2D eigenvalue weighted by Crippen LogP contribution is -2.39. The van der Waals surface area contributed by atoms with E-state index in [1.165, 1.54) is 25.7 Å². The Hall–Kier alpha value is -0.900. The molecule has 0 radical (unpaired) electrons. The van der Waals surface area contributed by atoms with Crippen LogP contribution < -0.4 is 5.32 Å². The van der Waals surface area contributed by atoms with Crippen LogP contribution in [-0.2, 0) is 13.0 Å². The zero-order chi connectivity index (χ0) is 12.1. The van der Waals surface area contributed by atoms with Crippen LogP contribution in [0.2, 0.25) is 0 Å². The minimum Gasteiger partial charge on any atom is -0.314 e. The van der Waals surface area contributed by atoms with Crippen molar-refractivity contribution in [3.8, 4) is 0 Å². The van der Waals surface area contributed by atoms with E-state index in [0.717, 1.165) is 31.3 Å². The van der Waals surface area contributed by atoms with Gasteiger partial charge in [-0.05, 0) is 32.2 Å². The van der Waals surface area contributed by atoms with Crippen molar-refractivity contribution in [3.05, 3.63) is 12.2 Å². The van der Waals surface area contributed by atoms with E-state index in [1.807, 2.05) is 4.68 Å². The molecule has 1 fully saturated rings. The van der Waals surface area contributed by atoms with Crippen molar-refractivity contribution in [1.82, 2.24) is 20.1 Å². The van der Waals surface area contributed by atoms with Crippen molar-refractivity contribution >= 4 is 0 Å². The van der Waals surface area contributed by atoms with Crippen LogP contribution in [0.4, 0.5) is 0 Å². The molecule has 0 aliphatic heterocycles. The van der Waals surface area contributed by atoms with Crippen LogP contribution in [0.3, 0.4) is 0 Å². The third-order valence-electron chi connectivity index (χ3n) is 3.82. The summed E-state index contributed by atoms with van der Waals surface area (Å²) in [4.78, 5) is 4.40. The normalized spacial score (nSPS) is 25.1. The third-order valence-corrected chi connectivity index (χ3v) is 3.82. The Morgan fingerprint density at radius 3 is 2.94 bits per heavy atom. The number of nitrogens with one attached hydrogen (secondary N) is 1. The topological polar surface area (TPSA) is 42.7 Å². The molecule has 0 aromatic carbocycles. The predicted molar refractivity (Wildman–Crippen MR) is 68.8 cm³/mol. The van der Waals surface area contributed by atoms with Gasteiger partial charge in [0.25, 0.3) is 0 Å². The molecule has 1 aliphatic rings. The van der Waals surface area contributed by atoms with E-state index in [2.05, 4.69) is 29.2 Å². The standard InChI is InChI=1S/C13H24N4/c1-3-14-12-8-6-5-7-11(12)9-13-15-10-16-17(13)4-2/h10-12,14H,3-9H2,1-2H3. The van der Waals surface area contributed by atoms with Gasteiger partial charge in [-0.25, -0.2) is 4.98 Å². The van der Waals surface area contributed by atoms with Gasteiger partial charge in [-0.1, -0.05) is 19.8 Å². The van der Waals surface area contributed by atoms with E-state index in [-0.39, 0.29) is 0 Å². The fourth-order valence-corrected chi connectivity index (χ4v) is 2.93. The van der Waals surface area contributed by atoms with E-state index in [0.29, 0.717) is 6.04 Å². The molecule has 0 spiro atoms. The maximum Gasteiger partial charge on any atom is 0.138 e. The number of hydrogen-bond donors (Lipinski definition) is 1. The van der Waals surface area contributed by atoms with Gasteiger partial charge in [0.1, 0.15) is 12.2 Å². The van der Waals surface area contributed by atoms with Gasteiger partial charge >= 0.3 is 0 Å². The first-order valence-electron chi connectivity index (χ1n) is 6.95. The van der Waals surface area contributed by atoms with Crippen LogP contribution in [-0.4, -0.2) is 27.4 Å². The largest absolute Gasteiger partial charge is 0.314 e. The lowest BCUT2D eigenvalue weighted by Gasteiger charge is -2.31. The monoisotopic (exact) mass is 236 g/mol. The van der Waals surface area contributed by atoms with Crippen molar-refractivity contribution in [2.24, 2.45) is 5.92 Å². The van der Waals surface area contributed by atoms with E-state index in [4.69, 9.17) is 0 Å². The second-order valence-electron chi connectivity index (χ2n) is 4.90. The third kappa shape index (κ3) is 3.06. The molecule has 2 atom stereocenters. The van der Waals surface area contributed by atoms with Crippen LogP contribution in [0.5, 0.6) is 0 Å². The Balaban J connectivity index is 2.00. The van der Waals surface area contributed by atoms with Crippen molar-refractivity contribution in [1.29, 1.82) is 0 Å². The highest BCUT2D eigenvalue weighted by atomic mass is 15.3. The number of aromatic nitrogens is 3. The summed E-state index contributed by atoms with van der Waals surface area (Å²) in [5.41, 5.74) is 0. The van der Waals surface area contributed by atoms with Gasteiger partial charge in [-0.15, -0.1) is 0 Å². The molecular formula is C13H24N4. The first kappa shape index (κ1) is 12.6. The molecule has 1 aliphatic carbocycles. The van der Waals surface area contributed by atoms with Gasteiger partial charge in [0.15, 0.2) is 0 Å². The van der Waals surface area contributed by atoms with E-state index in [1.54, 1.807) is 6.33 Å². The molecule has 1 saturated carbocycles. The van der Waals surface area contributed by atoms with Gasteiger partial charge in [0.05, 0.1) is 0 Å². The molecule has 1 N–H and O–H groups in total. The van der Waals surface area contributed by atoms with Gasteiger partial charge in [0.2, 0.25) is 0 Å². The quantitative estimate of drug-likeness (QED) is 0.850. The van der Waals surface area contributed by atoms with Gasteiger partial charge < -0.3 is 5.32 Å². The highest BCUT2D eigenvalue weighted by molar-refractivity contribution is 4.92. The van der Waals surface area contributed by atoms with Crippen LogP contribution in [0.1, 0.15) is 45.4 Å². The smallest absolute Gasteiger partial charge is 0.138 e. The summed E-state index contributed by atoms with van der Waals surface area (Å²) in [5, 5.41) is 7.88. The number of rotatable bonds is 5. The molecule has 0 amide bonds. The number of hydrogen-bond acceptors (Lipinski definition) is 3. The number of aryl methyl sites for hydroxylation is 1. The molecule has 1 aromatic heterocycles. The lowest BCUT2D eigenvalue weighted by atomic mass is 9.82. The summed E-state index contributed by atoms with van der Waals surface area (Å²) < 4.78 is 2.03. The Morgan fingerprint density at radius 1 is 1.35 bits per heavy atom. The van der Waals surface area contributed by atoms with Gasteiger partial charge in [-0.2, -0.15) is 5.10 Å². The van der Waals surface area contributed by atoms with E-state index < -0.39 is 0 Å². The number of nitrogens with zero attached hydrogens (tertiary/aromatic N) is 3. The molecule has 1 heterocycles. The Bertz CT molecular complexity index is 332. The second-order valence-corrected chi connectivity index (χ2v) is 4.90. The molecule has 2 unspecified atom stereocenters. The maximum atomic E-state index is 4.40. The first-order valence-corrected chi connectivity index (χ1v) is 6.95. The summed E-state index contributed by atoms with van der Waals surface area (Å²) in [6.07, 6.45) is 8.14. The highest BCUT2D eigenvalue weighted by Crippen LogP contribution is 2.27. The van der Waals surface area contributed by atoms with Crippen LogP contribution >= 0.6 is 0 Å². The van der Waals surface area contributed by atoms with E-state index >= 15 is 0 Å². The molecule has 17 heavy (non-hydrogen) atoms. The molecule has 2 rings (SSSR count). The molecule has 4 nitrogen and oxygen atoms in total. The average Bonchev–Trinajstić information content (AvgIpc) is 2.79. The van der Waals surface area contributed by atoms with Crippen LogP contribution in [0, 0.1) is 5.92 Å². The molecule has 0 saturated heterocycles. The zero-order valence-electron chi connectivity index (χ0n) is 11.0. The van der Waals surface area contributed by atoms with Crippen molar-refractivity contribution < 1.29 is 0 Å². The van der Waals surface area contributed by atoms with Crippen molar-refractivity contribution in [2.45, 2.75) is 58.5 Å². The van der Waals surface area contributed by atoms with Crippen molar-refractivity contribution in [2.75, 3.05) is 6.54 Å². The SMILES string of the molecule is CCNC1CCCCC1Cc1ncnn1CC. The fraction of sp³-hybridized carbons (Fsp3) is 0.846. The minimum absolute atomic E-state index is 0.677. The minimum atomic E-state index is 0.677. The van der Waals surface area contributed by atoms with Crippen LogP contribution in [0.15, 0.2) is 6.33 Å². The molecule has 1 aromatic rings. The lowest BCUT2D eigenvalue weighted by molar-refractivity contribution is 0.258. The van der Waals surface area contributed by atoms with Crippen molar-refractivity contribution in [3.63, 3.8) is 0 Å². The summed E-state index contributed by atoms with van der Waals surface area (Å²) in [6.45, 7) is 6.32. The first-order chi connectivity index (χ1) is 8.35. The van der Waals surface area contributed by atoms with Crippen LogP contribution in [0.25, 0.3) is 0 Å². The Labute approximate surface area is 104 Å². The maximum absolute atomic E-state index is 4.40. The van der Waals surface area contributed by atoms with E-state index in [9.17, 15) is 0 Å². The highest BCUT2D eigenvalue weighted by Gasteiger charge is 2.25. The summed E-state index contributed by atoms with van der Waals surface area (Å²) in [5.74, 6) is 1.89. The summed E-state index contributed by atoms with van der Waals surface area (Å²) >= 11 is 0. The van der Waals surface area contributed by atoms with Gasteiger partial charge in [0, 0.05) is 19.0 Å². The fourth-order valence-electron chi connectivity index (χ4n) is 2.93.